The van der Waals surface area contributed by atoms with Crippen LogP contribution in [0.5, 0.6) is 5.75 Å². The van der Waals surface area contributed by atoms with Crippen molar-refractivity contribution in [3.63, 3.8) is 0 Å². The molecule has 0 saturated carbocycles. The summed E-state index contributed by atoms with van der Waals surface area (Å²) in [6.45, 7) is 13.3. The van der Waals surface area contributed by atoms with E-state index in [1.807, 2.05) is 36.4 Å². The molecule has 2 N–H and O–H groups in total. The second kappa shape index (κ2) is 13.2. The third-order valence-corrected chi connectivity index (χ3v) is 10.6. The van der Waals surface area contributed by atoms with Crippen molar-refractivity contribution in [3.05, 3.63) is 64.8 Å². The van der Waals surface area contributed by atoms with Crippen molar-refractivity contribution in [2.45, 2.75) is 71.0 Å². The quantitative estimate of drug-likeness (QED) is 0.277. The lowest BCUT2D eigenvalue weighted by Gasteiger charge is -2.43. The minimum absolute atomic E-state index is 0.0669. The van der Waals surface area contributed by atoms with Gasteiger partial charge in [0.15, 0.2) is 0 Å². The van der Waals surface area contributed by atoms with E-state index in [0.29, 0.717) is 17.9 Å². The summed E-state index contributed by atoms with van der Waals surface area (Å²) in [5.41, 5.74) is 4.34. The first-order chi connectivity index (χ1) is 22.0. The number of sulfonamides is 1. The number of rotatable bonds is 10. The molecule has 0 bridgehead atoms. The maximum absolute atomic E-state index is 14.9. The summed E-state index contributed by atoms with van der Waals surface area (Å²) in [7, 11) is -0.497. The molecule has 0 radical (unpaired) electrons. The number of benzene rings is 2. The molecule has 47 heavy (non-hydrogen) atoms. The van der Waals surface area contributed by atoms with Gasteiger partial charge in [0.25, 0.3) is 5.92 Å². The number of aromatic nitrogens is 2. The molecular formula is C34H47F2N7O3S. The van der Waals surface area contributed by atoms with Crippen molar-refractivity contribution < 1.29 is 21.9 Å². The van der Waals surface area contributed by atoms with Gasteiger partial charge < -0.3 is 20.3 Å². The number of hydrogen-bond donors (Lipinski definition) is 2. The summed E-state index contributed by atoms with van der Waals surface area (Å²) in [4.78, 5) is 13.7. The molecular weight excluding hydrogens is 624 g/mol. The van der Waals surface area contributed by atoms with Gasteiger partial charge in [-0.05, 0) is 56.4 Å². The number of methoxy groups -OCH3 is 1. The van der Waals surface area contributed by atoms with Crippen LogP contribution >= 0.6 is 0 Å². The fourth-order valence-electron chi connectivity index (χ4n) is 6.61. The minimum Gasteiger partial charge on any atom is -0.494 e. The number of piperazine rings is 1. The molecule has 1 saturated heterocycles. The molecule has 0 spiro atoms. The van der Waals surface area contributed by atoms with Crippen molar-refractivity contribution in [2.24, 2.45) is 0 Å². The standard InChI is InChI=1S/C34H47F2N7O3S/c1-9-22-18-26(29(46-7)20-28(22)42-14-16-43(17-15-42)33(2,3)4)39-32-37-21-25(34(5,35)36)31(40-32)38-27-19-23-12-10-11-13-24(23)30(27)41(6)47(8,44)45/h10-13,18,20-21,27,30H,9,14-17,19H2,1-8H3,(H2,37,38,39,40). The van der Waals surface area contributed by atoms with E-state index in [9.17, 15) is 17.2 Å². The number of fused-ring (bicyclic) bond motifs is 1. The third-order valence-electron chi connectivity index (χ3n) is 9.29. The fraction of sp³-hybridized carbons (Fsp3) is 0.529. The number of likely N-dealkylation sites (N-methyl/N-ethyl adjacent to an activating group) is 1. The highest BCUT2D eigenvalue weighted by atomic mass is 32.2. The predicted octanol–water partition coefficient (Wildman–Crippen LogP) is 5.79. The zero-order valence-corrected chi connectivity index (χ0v) is 29.4. The normalized spacial score (nSPS) is 19.2. The summed E-state index contributed by atoms with van der Waals surface area (Å²) >= 11 is 0. The van der Waals surface area contributed by atoms with Crippen LogP contribution in [0.15, 0.2) is 42.6 Å². The van der Waals surface area contributed by atoms with E-state index in [1.165, 1.54) is 11.4 Å². The van der Waals surface area contributed by atoms with Crippen LogP contribution in [0, 0.1) is 0 Å². The highest BCUT2D eigenvalue weighted by molar-refractivity contribution is 7.88. The van der Waals surface area contributed by atoms with Crippen LogP contribution in [0.1, 0.15) is 62.9 Å². The summed E-state index contributed by atoms with van der Waals surface area (Å²) < 4.78 is 62.1. The van der Waals surface area contributed by atoms with Gasteiger partial charge in [-0.25, -0.2) is 22.2 Å². The number of alkyl halides is 2. The van der Waals surface area contributed by atoms with Crippen LogP contribution < -0.4 is 20.3 Å². The number of hydrogen-bond acceptors (Lipinski definition) is 9. The Morgan fingerprint density at radius 1 is 1.09 bits per heavy atom. The lowest BCUT2D eigenvalue weighted by molar-refractivity contribution is 0.0175. The van der Waals surface area contributed by atoms with Gasteiger partial charge in [0.1, 0.15) is 11.6 Å². The molecule has 1 aromatic heterocycles. The van der Waals surface area contributed by atoms with E-state index in [2.05, 4.69) is 58.1 Å². The van der Waals surface area contributed by atoms with E-state index < -0.39 is 28.0 Å². The first kappa shape index (κ1) is 34.8. The number of aryl methyl sites for hydroxylation is 1. The lowest BCUT2D eigenvalue weighted by atomic mass is 10.0. The second-order valence-electron chi connectivity index (χ2n) is 13.5. The van der Waals surface area contributed by atoms with Crippen LogP contribution in [0.2, 0.25) is 0 Å². The smallest absolute Gasteiger partial charge is 0.275 e. The molecule has 1 aliphatic carbocycles. The third kappa shape index (κ3) is 7.47. The fourth-order valence-corrected chi connectivity index (χ4v) is 7.28. The molecule has 10 nitrogen and oxygen atoms in total. The highest BCUT2D eigenvalue weighted by Gasteiger charge is 2.40. The largest absolute Gasteiger partial charge is 0.494 e. The monoisotopic (exact) mass is 671 g/mol. The average Bonchev–Trinajstić information content (AvgIpc) is 3.36. The predicted molar refractivity (Wildman–Crippen MR) is 184 cm³/mol. The average molecular weight is 672 g/mol. The first-order valence-corrected chi connectivity index (χ1v) is 17.9. The van der Waals surface area contributed by atoms with Crippen LogP contribution in [-0.4, -0.2) is 85.8 Å². The van der Waals surface area contributed by atoms with Crippen molar-refractivity contribution in [1.29, 1.82) is 0 Å². The zero-order chi connectivity index (χ0) is 34.3. The Hall–Kier alpha value is -3.55. The number of halogens is 2. The molecule has 3 aromatic rings. The highest BCUT2D eigenvalue weighted by Crippen LogP contribution is 2.41. The molecule has 13 heteroatoms. The topological polar surface area (TPSA) is 103 Å². The van der Waals surface area contributed by atoms with E-state index in [-0.39, 0.29) is 22.9 Å². The molecule has 2 heterocycles. The Balaban J connectivity index is 1.46. The number of anilines is 4. The Labute approximate surface area is 277 Å². The van der Waals surface area contributed by atoms with E-state index in [4.69, 9.17) is 4.74 Å². The van der Waals surface area contributed by atoms with E-state index in [0.717, 1.165) is 74.4 Å². The molecule has 2 unspecified atom stereocenters. The van der Waals surface area contributed by atoms with Gasteiger partial charge in [-0.1, -0.05) is 31.2 Å². The van der Waals surface area contributed by atoms with E-state index in [1.54, 1.807) is 7.11 Å². The summed E-state index contributed by atoms with van der Waals surface area (Å²) in [5.74, 6) is -2.63. The summed E-state index contributed by atoms with van der Waals surface area (Å²) in [5, 5.41) is 6.40. The maximum Gasteiger partial charge on any atom is 0.275 e. The summed E-state index contributed by atoms with van der Waals surface area (Å²) in [6, 6.07) is 10.4. The number of nitrogens with zero attached hydrogens (tertiary/aromatic N) is 5. The van der Waals surface area contributed by atoms with Crippen LogP contribution in [0.4, 0.5) is 31.9 Å². The van der Waals surface area contributed by atoms with Crippen LogP contribution in [-0.2, 0) is 28.8 Å². The Morgan fingerprint density at radius 3 is 2.36 bits per heavy atom. The lowest BCUT2D eigenvalue weighted by Crippen LogP contribution is -2.53. The molecule has 5 rings (SSSR count). The molecule has 0 amide bonds. The first-order valence-electron chi connectivity index (χ1n) is 16.0. The molecule has 2 aliphatic rings. The number of ether oxygens (including phenoxy) is 1. The van der Waals surface area contributed by atoms with Gasteiger partial charge in [0, 0.05) is 63.6 Å². The molecule has 1 aliphatic heterocycles. The maximum atomic E-state index is 14.9. The summed E-state index contributed by atoms with van der Waals surface area (Å²) in [6.07, 6.45) is 3.46. The van der Waals surface area contributed by atoms with Crippen molar-refractivity contribution in [3.8, 4) is 5.75 Å². The molecule has 1 fully saturated rings. The van der Waals surface area contributed by atoms with Crippen molar-refractivity contribution in [2.75, 3.05) is 62.1 Å². The molecule has 256 valence electrons. The van der Waals surface area contributed by atoms with Gasteiger partial charge in [0.05, 0.1) is 36.7 Å². The van der Waals surface area contributed by atoms with Gasteiger partial charge in [-0.2, -0.15) is 9.29 Å². The van der Waals surface area contributed by atoms with Gasteiger partial charge in [0.2, 0.25) is 16.0 Å². The van der Waals surface area contributed by atoms with Gasteiger partial charge in [-0.3, -0.25) is 4.90 Å². The SMILES string of the molecule is CCc1cc(Nc2ncc(C(C)(F)F)c(NC3Cc4ccccc4C3N(C)S(C)(=O)=O)n2)c(OC)cc1N1CCN(C(C)(C)C)CC1. The van der Waals surface area contributed by atoms with E-state index >= 15 is 0 Å². The van der Waals surface area contributed by atoms with Gasteiger partial charge in [-0.15, -0.1) is 0 Å². The molecule has 2 atom stereocenters. The zero-order valence-electron chi connectivity index (χ0n) is 28.6. The van der Waals surface area contributed by atoms with Crippen LogP contribution in [0.3, 0.4) is 0 Å². The minimum atomic E-state index is -3.60. The van der Waals surface area contributed by atoms with Gasteiger partial charge >= 0.3 is 0 Å². The number of nitrogens with one attached hydrogen (secondary N) is 2. The second-order valence-corrected chi connectivity index (χ2v) is 15.6. The van der Waals surface area contributed by atoms with Crippen molar-refractivity contribution >= 4 is 33.2 Å². The Morgan fingerprint density at radius 2 is 1.77 bits per heavy atom. The van der Waals surface area contributed by atoms with Crippen LogP contribution in [0.25, 0.3) is 0 Å². The Kier molecular flexibility index (Phi) is 9.74. The van der Waals surface area contributed by atoms with Crippen molar-refractivity contribution in [1.82, 2.24) is 19.2 Å². The Bertz CT molecular complexity index is 1700. The molecule has 2 aromatic carbocycles.